The van der Waals surface area contributed by atoms with Crippen molar-refractivity contribution in [2.75, 3.05) is 13.2 Å². The highest BCUT2D eigenvalue weighted by atomic mass is 79.9. The summed E-state index contributed by atoms with van der Waals surface area (Å²) in [4.78, 5) is 11.3. The molecule has 1 fully saturated rings. The molecule has 1 saturated heterocycles. The highest BCUT2D eigenvalue weighted by molar-refractivity contribution is 8.93. The van der Waals surface area contributed by atoms with Crippen LogP contribution in [-0.2, 0) is 9.53 Å². The van der Waals surface area contributed by atoms with Crippen molar-refractivity contribution in [1.29, 1.82) is 0 Å². The third-order valence-corrected chi connectivity index (χ3v) is 1.90. The lowest BCUT2D eigenvalue weighted by Crippen LogP contribution is -2.33. The van der Waals surface area contributed by atoms with Gasteiger partial charge in [0.2, 0.25) is 0 Å². The van der Waals surface area contributed by atoms with E-state index in [1.165, 1.54) is 0 Å². The first-order valence-corrected chi connectivity index (χ1v) is 4.60. The van der Waals surface area contributed by atoms with Crippen LogP contribution in [0.1, 0.15) is 26.7 Å². The Morgan fingerprint density at radius 1 is 1.62 bits per heavy atom. The average Bonchev–Trinajstić information content (AvgIpc) is 2.51. The summed E-state index contributed by atoms with van der Waals surface area (Å²) in [7, 11) is 0. The second kappa shape index (κ2) is 6.38. The standard InChI is InChI=1S/C9H17NO2.BrH/c1-7(2)6-12-9(11)8-4-3-5-10-8;/h7-8,10H,3-6H2,1-2H3;1H/t8-;/m0./s1. The lowest BCUT2D eigenvalue weighted by Gasteiger charge is -2.11. The monoisotopic (exact) mass is 251 g/mol. The Hall–Kier alpha value is -0.0900. The molecule has 0 aromatic rings. The van der Waals surface area contributed by atoms with Gasteiger partial charge in [0.25, 0.3) is 0 Å². The molecule has 1 aliphatic heterocycles. The Balaban J connectivity index is 0.00000144. The van der Waals surface area contributed by atoms with Crippen LogP contribution in [0.25, 0.3) is 0 Å². The fourth-order valence-electron chi connectivity index (χ4n) is 1.24. The van der Waals surface area contributed by atoms with Gasteiger partial charge in [-0.2, -0.15) is 0 Å². The molecule has 1 rings (SSSR count). The zero-order valence-corrected chi connectivity index (χ0v) is 9.92. The summed E-state index contributed by atoms with van der Waals surface area (Å²) in [6.07, 6.45) is 2.01. The lowest BCUT2D eigenvalue weighted by atomic mass is 10.2. The van der Waals surface area contributed by atoms with E-state index in [9.17, 15) is 4.79 Å². The molecule has 0 unspecified atom stereocenters. The SMILES string of the molecule is Br.CC(C)COC(=O)[C@@H]1CCCN1. The molecule has 0 aromatic carbocycles. The molecule has 1 atom stereocenters. The molecular weight excluding hydrogens is 234 g/mol. The predicted octanol–water partition coefficient (Wildman–Crippen LogP) is 1.52. The molecular formula is C9H18BrNO2. The van der Waals surface area contributed by atoms with Gasteiger partial charge < -0.3 is 10.1 Å². The second-order valence-electron chi connectivity index (χ2n) is 3.67. The van der Waals surface area contributed by atoms with E-state index in [2.05, 4.69) is 5.32 Å². The molecule has 0 aliphatic carbocycles. The summed E-state index contributed by atoms with van der Waals surface area (Å²) in [6, 6.07) is -0.0382. The van der Waals surface area contributed by atoms with Gasteiger partial charge in [-0.15, -0.1) is 17.0 Å². The van der Waals surface area contributed by atoms with Crippen LogP contribution in [0.3, 0.4) is 0 Å². The number of rotatable bonds is 3. The minimum Gasteiger partial charge on any atom is -0.464 e. The molecule has 0 saturated carbocycles. The largest absolute Gasteiger partial charge is 0.464 e. The van der Waals surface area contributed by atoms with E-state index in [-0.39, 0.29) is 29.0 Å². The lowest BCUT2D eigenvalue weighted by molar-refractivity contribution is -0.146. The first-order valence-electron chi connectivity index (χ1n) is 4.60. The molecule has 0 spiro atoms. The minimum atomic E-state index is -0.0822. The van der Waals surface area contributed by atoms with Gasteiger partial charge in [0.05, 0.1) is 6.61 Å². The fourth-order valence-corrected chi connectivity index (χ4v) is 1.24. The van der Waals surface area contributed by atoms with E-state index in [1.807, 2.05) is 13.8 Å². The third-order valence-electron chi connectivity index (χ3n) is 1.90. The predicted molar refractivity (Wildman–Crippen MR) is 57.1 cm³/mol. The first-order chi connectivity index (χ1) is 5.70. The molecule has 3 nitrogen and oxygen atoms in total. The molecule has 0 amide bonds. The van der Waals surface area contributed by atoms with Gasteiger partial charge in [-0.25, -0.2) is 0 Å². The summed E-state index contributed by atoms with van der Waals surface area (Å²) in [5.74, 6) is 0.344. The molecule has 1 N–H and O–H groups in total. The van der Waals surface area contributed by atoms with Gasteiger partial charge in [-0.1, -0.05) is 13.8 Å². The van der Waals surface area contributed by atoms with E-state index in [0.29, 0.717) is 12.5 Å². The van der Waals surface area contributed by atoms with Gasteiger partial charge in [0, 0.05) is 0 Å². The molecule has 1 heterocycles. The van der Waals surface area contributed by atoms with Crippen molar-refractivity contribution < 1.29 is 9.53 Å². The maximum Gasteiger partial charge on any atom is 0.323 e. The van der Waals surface area contributed by atoms with E-state index < -0.39 is 0 Å². The van der Waals surface area contributed by atoms with Gasteiger partial charge >= 0.3 is 5.97 Å². The van der Waals surface area contributed by atoms with Gasteiger partial charge in [0.15, 0.2) is 0 Å². The number of esters is 1. The topological polar surface area (TPSA) is 38.3 Å². The van der Waals surface area contributed by atoms with E-state index >= 15 is 0 Å². The van der Waals surface area contributed by atoms with Crippen molar-refractivity contribution >= 4 is 23.0 Å². The van der Waals surface area contributed by atoms with E-state index in [0.717, 1.165) is 19.4 Å². The van der Waals surface area contributed by atoms with Crippen molar-refractivity contribution in [1.82, 2.24) is 5.32 Å². The van der Waals surface area contributed by atoms with Crippen LogP contribution in [-0.4, -0.2) is 25.2 Å². The maximum absolute atomic E-state index is 11.3. The number of hydrogen-bond acceptors (Lipinski definition) is 3. The summed E-state index contributed by atoms with van der Waals surface area (Å²) >= 11 is 0. The van der Waals surface area contributed by atoms with Crippen molar-refractivity contribution in [3.05, 3.63) is 0 Å². The van der Waals surface area contributed by atoms with Gasteiger partial charge in [0.1, 0.15) is 6.04 Å². The van der Waals surface area contributed by atoms with Crippen LogP contribution >= 0.6 is 17.0 Å². The normalized spacial score (nSPS) is 21.3. The number of carbonyl (C=O) groups is 1. The van der Waals surface area contributed by atoms with E-state index in [4.69, 9.17) is 4.74 Å². The highest BCUT2D eigenvalue weighted by Crippen LogP contribution is 2.07. The van der Waals surface area contributed by atoms with Crippen molar-refractivity contribution in [2.24, 2.45) is 5.92 Å². The van der Waals surface area contributed by atoms with E-state index in [1.54, 1.807) is 0 Å². The van der Waals surface area contributed by atoms with Gasteiger partial charge in [-0.3, -0.25) is 4.79 Å². The molecule has 0 radical (unpaired) electrons. The zero-order valence-electron chi connectivity index (χ0n) is 8.21. The van der Waals surface area contributed by atoms with Crippen LogP contribution in [0.5, 0.6) is 0 Å². The van der Waals surface area contributed by atoms with Crippen LogP contribution in [0.15, 0.2) is 0 Å². The Bertz CT molecular complexity index is 156. The number of carbonyl (C=O) groups excluding carboxylic acids is 1. The quantitative estimate of drug-likeness (QED) is 0.774. The first kappa shape index (κ1) is 12.9. The molecule has 1 aliphatic rings. The summed E-state index contributed by atoms with van der Waals surface area (Å²) in [6.45, 7) is 5.56. The van der Waals surface area contributed by atoms with Crippen molar-refractivity contribution in [3.63, 3.8) is 0 Å². The average molecular weight is 252 g/mol. The van der Waals surface area contributed by atoms with Crippen LogP contribution < -0.4 is 5.32 Å². The number of ether oxygens (including phenoxy) is 1. The maximum atomic E-state index is 11.3. The fraction of sp³-hybridized carbons (Fsp3) is 0.889. The third kappa shape index (κ3) is 4.62. The molecule has 0 aromatic heterocycles. The van der Waals surface area contributed by atoms with Crippen molar-refractivity contribution in [3.8, 4) is 0 Å². The smallest absolute Gasteiger partial charge is 0.323 e. The number of halogens is 1. The summed E-state index contributed by atoms with van der Waals surface area (Å²) in [5, 5.41) is 3.11. The molecule has 13 heavy (non-hydrogen) atoms. The van der Waals surface area contributed by atoms with Crippen LogP contribution in [0.2, 0.25) is 0 Å². The zero-order chi connectivity index (χ0) is 8.97. The molecule has 0 bridgehead atoms. The van der Waals surface area contributed by atoms with Crippen LogP contribution in [0, 0.1) is 5.92 Å². The molecule has 4 heteroatoms. The molecule has 78 valence electrons. The van der Waals surface area contributed by atoms with Gasteiger partial charge in [-0.05, 0) is 25.3 Å². The Morgan fingerprint density at radius 2 is 2.31 bits per heavy atom. The summed E-state index contributed by atoms with van der Waals surface area (Å²) in [5.41, 5.74) is 0. The van der Waals surface area contributed by atoms with Crippen LogP contribution in [0.4, 0.5) is 0 Å². The minimum absolute atomic E-state index is 0. The second-order valence-corrected chi connectivity index (χ2v) is 3.67. The number of hydrogen-bond donors (Lipinski definition) is 1. The summed E-state index contributed by atoms with van der Waals surface area (Å²) < 4.78 is 5.09. The van der Waals surface area contributed by atoms with Crippen molar-refractivity contribution in [2.45, 2.75) is 32.7 Å². The highest BCUT2D eigenvalue weighted by Gasteiger charge is 2.23. The Morgan fingerprint density at radius 3 is 2.77 bits per heavy atom. The Kier molecular flexibility index (Phi) is 6.33. The number of nitrogens with one attached hydrogen (secondary N) is 1. The Labute approximate surface area is 90.0 Å².